The average Bonchev–Trinajstić information content (AvgIpc) is 2.78. The second-order valence-corrected chi connectivity index (χ2v) is 3.56. The van der Waals surface area contributed by atoms with E-state index in [9.17, 15) is 10.1 Å². The van der Waals surface area contributed by atoms with Crippen molar-refractivity contribution < 1.29 is 4.92 Å². The zero-order chi connectivity index (χ0) is 9.42. The van der Waals surface area contributed by atoms with Crippen molar-refractivity contribution in [2.45, 2.75) is 19.4 Å². The number of rotatable bonds is 3. The van der Waals surface area contributed by atoms with Gasteiger partial charge in [-0.25, -0.2) is 4.68 Å². The number of halogens is 1. The van der Waals surface area contributed by atoms with Gasteiger partial charge in [-0.15, -0.1) is 0 Å². The lowest BCUT2D eigenvalue weighted by molar-refractivity contribution is -0.384. The molecule has 1 aliphatic rings. The quantitative estimate of drug-likeness (QED) is 0.554. The van der Waals surface area contributed by atoms with Gasteiger partial charge in [-0.3, -0.25) is 10.1 Å². The summed E-state index contributed by atoms with van der Waals surface area (Å²) in [4.78, 5) is 9.89. The van der Waals surface area contributed by atoms with Crippen LogP contribution in [0.5, 0.6) is 0 Å². The molecule has 6 heteroatoms. The maximum Gasteiger partial charge on any atom is 0.325 e. The van der Waals surface area contributed by atoms with Crippen molar-refractivity contribution in [3.05, 3.63) is 21.5 Å². The van der Waals surface area contributed by atoms with Gasteiger partial charge in [-0.05, 0) is 18.8 Å². The number of hydrogen-bond donors (Lipinski definition) is 0. The molecule has 0 aliphatic heterocycles. The fourth-order valence-corrected chi connectivity index (χ4v) is 1.39. The molecule has 0 radical (unpaired) electrons. The predicted molar refractivity (Wildman–Crippen MR) is 46.6 cm³/mol. The highest BCUT2D eigenvalue weighted by molar-refractivity contribution is 6.31. The van der Waals surface area contributed by atoms with Crippen LogP contribution in [0.4, 0.5) is 5.69 Å². The third kappa shape index (κ3) is 1.65. The zero-order valence-electron chi connectivity index (χ0n) is 6.81. The maximum atomic E-state index is 10.4. The Kier molecular flexibility index (Phi) is 1.95. The molecule has 70 valence electrons. The summed E-state index contributed by atoms with van der Waals surface area (Å²) in [7, 11) is 0. The van der Waals surface area contributed by atoms with Crippen molar-refractivity contribution in [3.8, 4) is 0 Å². The minimum absolute atomic E-state index is 0.109. The van der Waals surface area contributed by atoms with Crippen LogP contribution in [-0.4, -0.2) is 14.7 Å². The molecule has 1 heterocycles. The molecule has 0 atom stereocenters. The first-order valence-corrected chi connectivity index (χ1v) is 4.42. The summed E-state index contributed by atoms with van der Waals surface area (Å²) in [5.74, 6) is 0.608. The smallest absolute Gasteiger partial charge is 0.258 e. The first-order valence-electron chi connectivity index (χ1n) is 4.04. The lowest BCUT2D eigenvalue weighted by Gasteiger charge is -1.98. The topological polar surface area (TPSA) is 61.0 Å². The van der Waals surface area contributed by atoms with Crippen molar-refractivity contribution in [1.82, 2.24) is 9.78 Å². The van der Waals surface area contributed by atoms with Gasteiger partial charge in [0.15, 0.2) is 0 Å². The highest BCUT2D eigenvalue weighted by atomic mass is 35.5. The molecule has 13 heavy (non-hydrogen) atoms. The SMILES string of the molecule is O=[N+]([O-])c1cnn(CC2CC2)c1Cl. The molecule has 0 spiro atoms. The maximum absolute atomic E-state index is 10.4. The molecule has 1 aromatic heterocycles. The summed E-state index contributed by atoms with van der Waals surface area (Å²) < 4.78 is 1.50. The Morgan fingerprint density at radius 1 is 1.77 bits per heavy atom. The highest BCUT2D eigenvalue weighted by Crippen LogP contribution is 2.33. The van der Waals surface area contributed by atoms with E-state index in [0.29, 0.717) is 12.5 Å². The van der Waals surface area contributed by atoms with E-state index >= 15 is 0 Å². The molecule has 0 N–H and O–H groups in total. The highest BCUT2D eigenvalue weighted by Gasteiger charge is 2.26. The van der Waals surface area contributed by atoms with Gasteiger partial charge >= 0.3 is 5.69 Å². The van der Waals surface area contributed by atoms with Gasteiger partial charge in [0.1, 0.15) is 6.20 Å². The summed E-state index contributed by atoms with van der Waals surface area (Å²) in [6.07, 6.45) is 3.54. The summed E-state index contributed by atoms with van der Waals surface area (Å²) in [6.45, 7) is 0.701. The number of nitrogens with zero attached hydrogens (tertiary/aromatic N) is 3. The Hall–Kier alpha value is -1.10. The predicted octanol–water partition coefficient (Wildman–Crippen LogP) is 1.85. The van der Waals surface area contributed by atoms with E-state index in [4.69, 9.17) is 11.6 Å². The van der Waals surface area contributed by atoms with Crippen LogP contribution in [-0.2, 0) is 6.54 Å². The van der Waals surface area contributed by atoms with Crippen LogP contribution in [0.25, 0.3) is 0 Å². The van der Waals surface area contributed by atoms with Crippen LogP contribution >= 0.6 is 11.6 Å². The fourth-order valence-electron chi connectivity index (χ4n) is 1.16. The Morgan fingerprint density at radius 3 is 2.92 bits per heavy atom. The van der Waals surface area contributed by atoms with E-state index in [1.165, 1.54) is 23.7 Å². The number of aromatic nitrogens is 2. The molecule has 0 bridgehead atoms. The van der Waals surface area contributed by atoms with Crippen molar-refractivity contribution in [3.63, 3.8) is 0 Å². The van der Waals surface area contributed by atoms with E-state index in [2.05, 4.69) is 5.10 Å². The van der Waals surface area contributed by atoms with Gasteiger partial charge in [-0.2, -0.15) is 5.10 Å². The lowest BCUT2D eigenvalue weighted by atomic mass is 10.4. The normalized spacial score (nSPS) is 16.1. The Balaban J connectivity index is 2.21. The van der Waals surface area contributed by atoms with Crippen LogP contribution in [0.3, 0.4) is 0 Å². The van der Waals surface area contributed by atoms with Crippen molar-refractivity contribution in [1.29, 1.82) is 0 Å². The van der Waals surface area contributed by atoms with Gasteiger partial charge in [0, 0.05) is 6.54 Å². The van der Waals surface area contributed by atoms with Crippen molar-refractivity contribution in [2.75, 3.05) is 0 Å². The first-order chi connectivity index (χ1) is 6.18. The third-order valence-electron chi connectivity index (χ3n) is 2.08. The largest absolute Gasteiger partial charge is 0.325 e. The van der Waals surface area contributed by atoms with Gasteiger partial charge in [-0.1, -0.05) is 11.6 Å². The van der Waals surface area contributed by atoms with E-state index in [1.54, 1.807) is 0 Å². The Morgan fingerprint density at radius 2 is 2.46 bits per heavy atom. The third-order valence-corrected chi connectivity index (χ3v) is 2.47. The molecule has 1 saturated carbocycles. The zero-order valence-corrected chi connectivity index (χ0v) is 7.57. The summed E-state index contributed by atoms with van der Waals surface area (Å²) in [5, 5.41) is 14.4. The molecule has 0 aromatic carbocycles. The second-order valence-electron chi connectivity index (χ2n) is 3.20. The number of hydrogen-bond acceptors (Lipinski definition) is 3. The van der Waals surface area contributed by atoms with E-state index in [1.807, 2.05) is 0 Å². The van der Waals surface area contributed by atoms with Crippen LogP contribution in [0, 0.1) is 16.0 Å². The van der Waals surface area contributed by atoms with Gasteiger partial charge in [0.2, 0.25) is 5.15 Å². The molecule has 0 amide bonds. The molecule has 1 aliphatic carbocycles. The van der Waals surface area contributed by atoms with Crippen LogP contribution in [0.1, 0.15) is 12.8 Å². The first kappa shape index (κ1) is 8.50. The molecule has 1 aromatic rings. The molecule has 5 nitrogen and oxygen atoms in total. The lowest BCUT2D eigenvalue weighted by Crippen LogP contribution is -2.01. The molecule has 0 saturated heterocycles. The molecule has 1 fully saturated rings. The minimum atomic E-state index is -0.515. The monoisotopic (exact) mass is 201 g/mol. The van der Waals surface area contributed by atoms with E-state index < -0.39 is 4.92 Å². The van der Waals surface area contributed by atoms with Gasteiger partial charge in [0.05, 0.1) is 4.92 Å². The Labute approximate surface area is 79.4 Å². The molecule has 2 rings (SSSR count). The minimum Gasteiger partial charge on any atom is -0.258 e. The van der Waals surface area contributed by atoms with Crippen molar-refractivity contribution >= 4 is 17.3 Å². The second kappa shape index (κ2) is 2.99. The van der Waals surface area contributed by atoms with Crippen LogP contribution < -0.4 is 0 Å². The summed E-state index contributed by atoms with van der Waals surface area (Å²) in [5.41, 5.74) is -0.109. The summed E-state index contributed by atoms with van der Waals surface area (Å²) in [6, 6.07) is 0. The molecular weight excluding hydrogens is 194 g/mol. The van der Waals surface area contributed by atoms with E-state index in [-0.39, 0.29) is 10.8 Å². The van der Waals surface area contributed by atoms with Crippen LogP contribution in [0.15, 0.2) is 6.20 Å². The standard InChI is InChI=1S/C7H8ClN3O2/c8-7-6(11(12)13)3-9-10(7)4-5-1-2-5/h3,5H,1-2,4H2. The molecule has 0 unspecified atom stereocenters. The van der Waals surface area contributed by atoms with Crippen LogP contribution in [0.2, 0.25) is 5.15 Å². The average molecular weight is 202 g/mol. The Bertz CT molecular complexity index is 346. The molecular formula is C7H8ClN3O2. The van der Waals surface area contributed by atoms with Gasteiger partial charge in [0.25, 0.3) is 0 Å². The van der Waals surface area contributed by atoms with Crippen molar-refractivity contribution in [2.24, 2.45) is 5.92 Å². The van der Waals surface area contributed by atoms with E-state index in [0.717, 1.165) is 0 Å². The summed E-state index contributed by atoms with van der Waals surface area (Å²) >= 11 is 5.75. The fraction of sp³-hybridized carbons (Fsp3) is 0.571. The van der Waals surface area contributed by atoms with Gasteiger partial charge < -0.3 is 0 Å². The number of nitro groups is 1.